The van der Waals surface area contributed by atoms with E-state index in [9.17, 15) is 0 Å². The zero-order valence-electron chi connectivity index (χ0n) is 6.58. The van der Waals surface area contributed by atoms with Crippen molar-refractivity contribution in [3.05, 3.63) is 13.3 Å². The van der Waals surface area contributed by atoms with E-state index in [0.717, 1.165) is 0 Å². The van der Waals surface area contributed by atoms with E-state index < -0.39 is 20.8 Å². The Balaban J connectivity index is 0. The molecule has 10 heavy (non-hydrogen) atoms. The second kappa shape index (κ2) is 10.5. The SMILES string of the molecule is C[C-]1CCCC1.[CH3-].[Cl][Zr+2][Cl]. The molecule has 1 fully saturated rings. The molecule has 0 aromatic carbocycles. The van der Waals surface area contributed by atoms with Crippen LogP contribution in [-0.2, 0) is 20.8 Å². The maximum absolute atomic E-state index is 4.93. The molecule has 1 rings (SSSR count). The second-order valence-electron chi connectivity index (χ2n) is 2.24. The normalized spacial score (nSPS) is 16.3. The van der Waals surface area contributed by atoms with E-state index in [1.165, 1.54) is 25.7 Å². The molecule has 1 saturated carbocycles. The van der Waals surface area contributed by atoms with E-state index in [4.69, 9.17) is 17.0 Å². The number of hydrogen-bond acceptors (Lipinski definition) is 0. The van der Waals surface area contributed by atoms with Crippen molar-refractivity contribution in [1.82, 2.24) is 0 Å². The number of hydrogen-bond donors (Lipinski definition) is 0. The molecule has 0 amide bonds. The molecular formula is C7H14Cl2Zr. The summed E-state index contributed by atoms with van der Waals surface area (Å²) < 4.78 is 0. The first-order chi connectivity index (χ1) is 4.31. The van der Waals surface area contributed by atoms with Crippen molar-refractivity contribution in [3.63, 3.8) is 0 Å². The van der Waals surface area contributed by atoms with Crippen LogP contribution in [0.3, 0.4) is 0 Å². The molecule has 1 aliphatic carbocycles. The van der Waals surface area contributed by atoms with Gasteiger partial charge in [0.1, 0.15) is 0 Å². The quantitative estimate of drug-likeness (QED) is 0.578. The van der Waals surface area contributed by atoms with Crippen LogP contribution in [0, 0.1) is 13.3 Å². The first kappa shape index (κ1) is 14.0. The Morgan fingerprint density at radius 1 is 1.20 bits per heavy atom. The van der Waals surface area contributed by atoms with Crippen molar-refractivity contribution in [2.75, 3.05) is 0 Å². The van der Waals surface area contributed by atoms with Gasteiger partial charge < -0.3 is 13.3 Å². The predicted molar refractivity (Wildman–Crippen MR) is 45.5 cm³/mol. The minimum absolute atomic E-state index is 0. The minimum atomic E-state index is -0.826. The molecule has 0 heterocycles. The van der Waals surface area contributed by atoms with E-state index in [0.29, 0.717) is 0 Å². The fourth-order valence-corrected chi connectivity index (χ4v) is 0.979. The summed E-state index contributed by atoms with van der Waals surface area (Å²) in [6.45, 7) is 2.26. The van der Waals surface area contributed by atoms with Crippen LogP contribution in [-0.4, -0.2) is 0 Å². The summed E-state index contributed by atoms with van der Waals surface area (Å²) in [6, 6.07) is 0. The van der Waals surface area contributed by atoms with Gasteiger partial charge in [-0.25, -0.2) is 0 Å². The van der Waals surface area contributed by atoms with Crippen molar-refractivity contribution < 1.29 is 20.8 Å². The zero-order chi connectivity index (χ0) is 7.11. The molecule has 0 aromatic heterocycles. The van der Waals surface area contributed by atoms with Gasteiger partial charge in [-0.1, -0.05) is 12.8 Å². The Morgan fingerprint density at radius 3 is 1.60 bits per heavy atom. The first-order valence-corrected chi connectivity index (χ1v) is 9.42. The van der Waals surface area contributed by atoms with Crippen molar-refractivity contribution in [2.45, 2.75) is 32.6 Å². The maximum atomic E-state index is 4.93. The molecule has 0 bridgehead atoms. The van der Waals surface area contributed by atoms with Crippen LogP contribution >= 0.6 is 17.0 Å². The Kier molecular flexibility index (Phi) is 14.7. The van der Waals surface area contributed by atoms with E-state index in [1.807, 2.05) is 0 Å². The van der Waals surface area contributed by atoms with Crippen molar-refractivity contribution in [3.8, 4) is 0 Å². The fourth-order valence-electron chi connectivity index (χ4n) is 0.979. The molecule has 0 aliphatic heterocycles. The summed E-state index contributed by atoms with van der Waals surface area (Å²) in [5.41, 5.74) is 0. The van der Waals surface area contributed by atoms with Crippen LogP contribution in [0.4, 0.5) is 0 Å². The molecule has 0 saturated heterocycles. The van der Waals surface area contributed by atoms with Crippen LogP contribution in [0.2, 0.25) is 0 Å². The van der Waals surface area contributed by atoms with E-state index in [1.54, 1.807) is 5.92 Å². The summed E-state index contributed by atoms with van der Waals surface area (Å²) in [4.78, 5) is 0. The standard InChI is InChI=1S/C6H11.CH3.2ClH.Zr/c1-6-4-2-3-5-6;;;;/h2-5H2,1H3;1H3;2*1H;/q2*-1;;;+4/p-2. The van der Waals surface area contributed by atoms with Crippen LogP contribution in [0.5, 0.6) is 0 Å². The van der Waals surface area contributed by atoms with Crippen LogP contribution in [0.15, 0.2) is 0 Å². The first-order valence-electron chi connectivity index (χ1n) is 3.09. The monoisotopic (exact) mass is 258 g/mol. The zero-order valence-corrected chi connectivity index (χ0v) is 10.6. The van der Waals surface area contributed by atoms with Gasteiger partial charge in [-0.05, 0) is 0 Å². The van der Waals surface area contributed by atoms with Gasteiger partial charge in [0.25, 0.3) is 0 Å². The van der Waals surface area contributed by atoms with Crippen LogP contribution in [0.25, 0.3) is 0 Å². The summed E-state index contributed by atoms with van der Waals surface area (Å²) in [6.07, 6.45) is 5.71. The molecule has 0 spiro atoms. The summed E-state index contributed by atoms with van der Waals surface area (Å²) in [5.74, 6) is 1.70. The third-order valence-electron chi connectivity index (χ3n) is 1.46. The van der Waals surface area contributed by atoms with Gasteiger partial charge in [-0.15, -0.1) is 0 Å². The number of rotatable bonds is 0. The third-order valence-corrected chi connectivity index (χ3v) is 1.46. The van der Waals surface area contributed by atoms with Gasteiger partial charge in [-0.2, -0.15) is 19.8 Å². The topological polar surface area (TPSA) is 0 Å². The Bertz CT molecular complexity index is 53.6. The molecule has 0 atom stereocenters. The van der Waals surface area contributed by atoms with E-state index in [-0.39, 0.29) is 7.43 Å². The molecular weight excluding hydrogens is 246 g/mol. The van der Waals surface area contributed by atoms with Gasteiger partial charge in [0.15, 0.2) is 0 Å². The molecule has 0 N–H and O–H groups in total. The van der Waals surface area contributed by atoms with Crippen LogP contribution in [0.1, 0.15) is 32.6 Å². The Labute approximate surface area is 83.3 Å². The molecule has 0 radical (unpaired) electrons. The second-order valence-corrected chi connectivity index (χ2v) is 5.97. The van der Waals surface area contributed by atoms with Crippen molar-refractivity contribution in [2.24, 2.45) is 0 Å². The van der Waals surface area contributed by atoms with Gasteiger partial charge in [-0.3, -0.25) is 0 Å². The number of halogens is 2. The van der Waals surface area contributed by atoms with Crippen molar-refractivity contribution in [1.29, 1.82) is 0 Å². The molecule has 0 nitrogen and oxygen atoms in total. The van der Waals surface area contributed by atoms with Gasteiger partial charge in [0.2, 0.25) is 0 Å². The summed E-state index contributed by atoms with van der Waals surface area (Å²) in [7, 11) is 9.87. The molecule has 1 aliphatic rings. The van der Waals surface area contributed by atoms with Crippen LogP contribution < -0.4 is 0 Å². The van der Waals surface area contributed by atoms with Gasteiger partial charge in [0.05, 0.1) is 0 Å². The van der Waals surface area contributed by atoms with Gasteiger partial charge in [0, 0.05) is 0 Å². The van der Waals surface area contributed by atoms with Gasteiger partial charge >= 0.3 is 37.9 Å². The molecule has 0 aromatic rings. The molecule has 3 heteroatoms. The fraction of sp³-hybridized carbons (Fsp3) is 0.714. The average Bonchev–Trinajstić information content (AvgIpc) is 2.20. The van der Waals surface area contributed by atoms with Crippen molar-refractivity contribution >= 4 is 17.0 Å². The predicted octanol–water partition coefficient (Wildman–Crippen LogP) is 3.98. The Hall–Kier alpha value is 1.46. The molecule has 0 unspecified atom stereocenters. The Morgan fingerprint density at radius 2 is 1.50 bits per heavy atom. The van der Waals surface area contributed by atoms with E-state index >= 15 is 0 Å². The van der Waals surface area contributed by atoms with E-state index in [2.05, 4.69) is 6.92 Å². The summed E-state index contributed by atoms with van der Waals surface area (Å²) in [5, 5.41) is 0. The molecule has 60 valence electrons. The summed E-state index contributed by atoms with van der Waals surface area (Å²) >= 11 is -0.826. The third kappa shape index (κ3) is 9.46. The average molecular weight is 260 g/mol.